The fourth-order valence-electron chi connectivity index (χ4n) is 3.00. The lowest BCUT2D eigenvalue weighted by Crippen LogP contribution is -2.26. The van der Waals surface area contributed by atoms with Crippen molar-refractivity contribution in [1.82, 2.24) is 20.3 Å². The summed E-state index contributed by atoms with van der Waals surface area (Å²) in [6.07, 6.45) is 2.41. The first kappa shape index (κ1) is 17.0. The lowest BCUT2D eigenvalue weighted by molar-refractivity contribution is 0.0955. The number of nitrogens with zero attached hydrogens (tertiary/aromatic N) is 2. The van der Waals surface area contributed by atoms with Crippen LogP contribution in [0, 0.1) is 6.92 Å². The van der Waals surface area contributed by atoms with Crippen molar-refractivity contribution in [2.75, 3.05) is 6.54 Å². The van der Waals surface area contributed by atoms with Crippen molar-refractivity contribution in [2.24, 2.45) is 0 Å². The topological polar surface area (TPSA) is 70.7 Å². The van der Waals surface area contributed by atoms with Crippen molar-refractivity contribution in [2.45, 2.75) is 13.3 Å². The van der Waals surface area contributed by atoms with E-state index in [0.29, 0.717) is 29.1 Å². The second-order valence-corrected chi connectivity index (χ2v) is 6.50. The third-order valence-electron chi connectivity index (χ3n) is 4.50. The summed E-state index contributed by atoms with van der Waals surface area (Å²) in [6.45, 7) is 2.64. The number of fused-ring (bicyclic) bond motifs is 1. The number of hydrogen-bond donors (Lipinski definition) is 2. The smallest absolute Gasteiger partial charge is 0.253 e. The summed E-state index contributed by atoms with van der Waals surface area (Å²) in [5.41, 5.74) is 5.15. The van der Waals surface area contributed by atoms with Crippen molar-refractivity contribution in [3.05, 3.63) is 83.6 Å². The van der Waals surface area contributed by atoms with E-state index in [1.807, 2.05) is 30.3 Å². The van der Waals surface area contributed by atoms with Gasteiger partial charge in [-0.1, -0.05) is 60.2 Å². The highest BCUT2D eigenvalue weighted by atomic mass is 16.1. The monoisotopic (exact) mass is 356 g/mol. The molecule has 0 aliphatic heterocycles. The molecule has 1 amide bonds. The van der Waals surface area contributed by atoms with Crippen molar-refractivity contribution in [3.63, 3.8) is 0 Å². The molecule has 0 saturated heterocycles. The number of carbonyl (C=O) groups excluding carboxylic acids is 1. The highest BCUT2D eigenvalue weighted by molar-refractivity contribution is 6.04. The van der Waals surface area contributed by atoms with E-state index in [-0.39, 0.29) is 5.91 Å². The first-order valence-corrected chi connectivity index (χ1v) is 8.94. The molecule has 2 aromatic carbocycles. The number of H-pyrrole nitrogens is 1. The van der Waals surface area contributed by atoms with E-state index in [4.69, 9.17) is 0 Å². The number of amides is 1. The van der Waals surface area contributed by atoms with E-state index in [0.717, 1.165) is 12.0 Å². The number of aromatic amines is 1. The molecule has 2 N–H and O–H groups in total. The van der Waals surface area contributed by atoms with Gasteiger partial charge in [0, 0.05) is 18.3 Å². The molecule has 4 aromatic rings. The fourth-order valence-corrected chi connectivity index (χ4v) is 3.00. The number of pyridine rings is 1. The quantitative estimate of drug-likeness (QED) is 0.570. The molecule has 2 heterocycles. The molecule has 0 aliphatic rings. The predicted octanol–water partition coefficient (Wildman–Crippen LogP) is 3.91. The second kappa shape index (κ2) is 7.41. The van der Waals surface area contributed by atoms with Crippen LogP contribution in [0.5, 0.6) is 0 Å². The van der Waals surface area contributed by atoms with Gasteiger partial charge < -0.3 is 10.3 Å². The Hall–Kier alpha value is -3.47. The summed E-state index contributed by atoms with van der Waals surface area (Å²) in [5, 5.41) is 2.99. The van der Waals surface area contributed by atoms with Crippen LogP contribution < -0.4 is 5.32 Å². The Bertz CT molecular complexity index is 1070. The third-order valence-corrected chi connectivity index (χ3v) is 4.50. The highest BCUT2D eigenvalue weighted by Crippen LogP contribution is 2.21. The van der Waals surface area contributed by atoms with E-state index in [1.165, 1.54) is 11.1 Å². The van der Waals surface area contributed by atoms with E-state index in [1.54, 1.807) is 12.3 Å². The summed E-state index contributed by atoms with van der Waals surface area (Å²) in [5.74, 6) is 0.579. The Morgan fingerprint density at radius 1 is 1.04 bits per heavy atom. The molecule has 4 rings (SSSR count). The maximum Gasteiger partial charge on any atom is 0.253 e. The molecule has 5 nitrogen and oxygen atoms in total. The Balaban J connectivity index is 1.51. The van der Waals surface area contributed by atoms with Gasteiger partial charge in [-0.15, -0.1) is 0 Å². The predicted molar refractivity (Wildman–Crippen MR) is 107 cm³/mol. The van der Waals surface area contributed by atoms with Crippen LogP contribution in [0.3, 0.4) is 0 Å². The molecule has 0 atom stereocenters. The van der Waals surface area contributed by atoms with Crippen LogP contribution in [0.25, 0.3) is 22.6 Å². The van der Waals surface area contributed by atoms with Crippen molar-refractivity contribution in [1.29, 1.82) is 0 Å². The van der Waals surface area contributed by atoms with E-state index < -0.39 is 0 Å². The standard InChI is InChI=1S/C22H20N4O/c1-15-7-9-16(10-8-15)11-13-24-22(27)18-12-14-23-21-19(18)25-20(26-21)17-5-3-2-4-6-17/h2-10,12,14H,11,13H2,1H3,(H,24,27)(H,23,25,26). The van der Waals surface area contributed by atoms with Gasteiger partial charge in [0.15, 0.2) is 5.65 Å². The molecule has 0 saturated carbocycles. The van der Waals surface area contributed by atoms with Gasteiger partial charge in [0.2, 0.25) is 0 Å². The Kier molecular flexibility index (Phi) is 4.66. The van der Waals surface area contributed by atoms with Gasteiger partial charge in [-0.05, 0) is 25.0 Å². The van der Waals surface area contributed by atoms with Crippen LogP contribution in [-0.2, 0) is 6.42 Å². The van der Waals surface area contributed by atoms with Crippen molar-refractivity contribution < 1.29 is 4.79 Å². The Morgan fingerprint density at radius 2 is 1.81 bits per heavy atom. The molecule has 0 unspecified atom stereocenters. The van der Waals surface area contributed by atoms with Gasteiger partial charge in [0.05, 0.1) is 11.1 Å². The van der Waals surface area contributed by atoms with Gasteiger partial charge in [-0.3, -0.25) is 4.79 Å². The third kappa shape index (κ3) is 3.72. The van der Waals surface area contributed by atoms with Crippen LogP contribution in [-0.4, -0.2) is 27.4 Å². The zero-order chi connectivity index (χ0) is 18.6. The summed E-state index contributed by atoms with van der Waals surface area (Å²) >= 11 is 0. The maximum atomic E-state index is 12.7. The van der Waals surface area contributed by atoms with Gasteiger partial charge in [0.1, 0.15) is 5.82 Å². The molecule has 0 aliphatic carbocycles. The molecular formula is C22H20N4O. The van der Waals surface area contributed by atoms with Crippen LogP contribution in [0.1, 0.15) is 21.5 Å². The number of aromatic nitrogens is 3. The number of hydrogen-bond acceptors (Lipinski definition) is 3. The van der Waals surface area contributed by atoms with Crippen LogP contribution in [0.2, 0.25) is 0 Å². The van der Waals surface area contributed by atoms with Gasteiger partial charge in [-0.2, -0.15) is 0 Å². The average Bonchev–Trinajstić information content (AvgIpc) is 3.14. The molecule has 27 heavy (non-hydrogen) atoms. The van der Waals surface area contributed by atoms with E-state index >= 15 is 0 Å². The molecule has 2 aromatic heterocycles. The number of imidazole rings is 1. The second-order valence-electron chi connectivity index (χ2n) is 6.50. The minimum atomic E-state index is -0.127. The SMILES string of the molecule is Cc1ccc(CCNC(=O)c2ccnc3nc(-c4ccccc4)[nH]c23)cc1. The molecule has 0 bridgehead atoms. The van der Waals surface area contributed by atoms with Crippen LogP contribution in [0.4, 0.5) is 0 Å². The van der Waals surface area contributed by atoms with Gasteiger partial charge >= 0.3 is 0 Å². The zero-order valence-electron chi connectivity index (χ0n) is 15.1. The first-order chi connectivity index (χ1) is 13.2. The largest absolute Gasteiger partial charge is 0.352 e. The van der Waals surface area contributed by atoms with Crippen molar-refractivity contribution in [3.8, 4) is 11.4 Å². The molecule has 0 spiro atoms. The van der Waals surface area contributed by atoms with E-state index in [2.05, 4.69) is 51.5 Å². The number of aryl methyl sites for hydroxylation is 1. The Labute approximate surface area is 157 Å². The number of rotatable bonds is 5. The Morgan fingerprint density at radius 3 is 2.59 bits per heavy atom. The van der Waals surface area contributed by atoms with Crippen LogP contribution >= 0.6 is 0 Å². The first-order valence-electron chi connectivity index (χ1n) is 8.94. The number of nitrogens with one attached hydrogen (secondary N) is 2. The maximum absolute atomic E-state index is 12.7. The fraction of sp³-hybridized carbons (Fsp3) is 0.136. The molecule has 5 heteroatoms. The van der Waals surface area contributed by atoms with Crippen molar-refractivity contribution >= 4 is 17.1 Å². The van der Waals surface area contributed by atoms with Gasteiger partial charge in [-0.25, -0.2) is 9.97 Å². The van der Waals surface area contributed by atoms with Crippen LogP contribution in [0.15, 0.2) is 66.9 Å². The molecule has 0 radical (unpaired) electrons. The van der Waals surface area contributed by atoms with Gasteiger partial charge in [0.25, 0.3) is 5.91 Å². The number of benzene rings is 2. The normalized spacial score (nSPS) is 10.9. The number of carbonyl (C=O) groups is 1. The average molecular weight is 356 g/mol. The summed E-state index contributed by atoms with van der Waals surface area (Å²) < 4.78 is 0. The minimum Gasteiger partial charge on any atom is -0.352 e. The summed E-state index contributed by atoms with van der Waals surface area (Å²) in [7, 11) is 0. The molecule has 134 valence electrons. The lowest BCUT2D eigenvalue weighted by atomic mass is 10.1. The minimum absolute atomic E-state index is 0.127. The summed E-state index contributed by atoms with van der Waals surface area (Å²) in [4.78, 5) is 24.7. The highest BCUT2D eigenvalue weighted by Gasteiger charge is 2.14. The lowest BCUT2D eigenvalue weighted by Gasteiger charge is -2.06. The summed E-state index contributed by atoms with van der Waals surface area (Å²) in [6, 6.07) is 19.9. The van der Waals surface area contributed by atoms with E-state index in [9.17, 15) is 4.79 Å². The molecule has 0 fully saturated rings. The zero-order valence-corrected chi connectivity index (χ0v) is 15.1. The molecular weight excluding hydrogens is 336 g/mol.